The number of ether oxygens (including phenoxy) is 1. The van der Waals surface area contributed by atoms with Gasteiger partial charge in [0.1, 0.15) is 23.1 Å². The van der Waals surface area contributed by atoms with E-state index in [4.69, 9.17) is 4.74 Å². The van der Waals surface area contributed by atoms with Crippen LogP contribution < -0.4 is 4.74 Å². The van der Waals surface area contributed by atoms with Crippen molar-refractivity contribution in [2.45, 2.75) is 13.3 Å². The number of nitrogens with zero attached hydrogens (tertiary/aromatic N) is 2. The van der Waals surface area contributed by atoms with Gasteiger partial charge in [-0.15, -0.1) is 11.3 Å². The molecular weight excluding hydrogens is 382 g/mol. The zero-order valence-electron chi connectivity index (χ0n) is 15.6. The number of aromatic nitrogens is 1. The normalized spacial score (nSPS) is 10.7. The van der Waals surface area contributed by atoms with Gasteiger partial charge in [-0.25, -0.2) is 13.8 Å². The van der Waals surface area contributed by atoms with Gasteiger partial charge in [-0.05, 0) is 55.3 Å². The summed E-state index contributed by atoms with van der Waals surface area (Å²) < 4.78 is 31.6. The Balaban J connectivity index is 1.60. The minimum absolute atomic E-state index is 0.189. The molecule has 0 saturated heterocycles. The van der Waals surface area contributed by atoms with E-state index in [-0.39, 0.29) is 17.5 Å². The van der Waals surface area contributed by atoms with Crippen LogP contribution >= 0.6 is 11.3 Å². The predicted octanol–water partition coefficient (Wildman–Crippen LogP) is 4.94. The van der Waals surface area contributed by atoms with E-state index in [0.29, 0.717) is 31.0 Å². The lowest BCUT2D eigenvalue weighted by atomic mass is 10.1. The van der Waals surface area contributed by atoms with Crippen molar-refractivity contribution in [3.05, 3.63) is 70.9 Å². The van der Waals surface area contributed by atoms with Crippen molar-refractivity contribution in [2.75, 3.05) is 20.2 Å². The van der Waals surface area contributed by atoms with Gasteiger partial charge in [0.25, 0.3) is 5.91 Å². The van der Waals surface area contributed by atoms with Crippen LogP contribution in [0.25, 0.3) is 10.4 Å². The molecule has 0 aliphatic rings. The third kappa shape index (κ3) is 4.92. The minimum atomic E-state index is -0.323. The Morgan fingerprint density at radius 2 is 1.68 bits per heavy atom. The highest BCUT2D eigenvalue weighted by molar-refractivity contribution is 7.15. The first kappa shape index (κ1) is 19.9. The number of carbonyl (C=O) groups excluding carboxylic acids is 1. The summed E-state index contributed by atoms with van der Waals surface area (Å²) in [5, 5.41) is 0.774. The average molecular weight is 402 g/mol. The van der Waals surface area contributed by atoms with Crippen LogP contribution in [0.4, 0.5) is 8.78 Å². The standard InChI is InChI=1S/C21H20F2N2O2S/c1-14-24-19(20(28-14)15-4-6-16(22)7-5-15)21(26)25(2)12-3-13-27-18-10-8-17(23)9-11-18/h4-11H,3,12-13H2,1-2H3. The molecule has 2 aromatic carbocycles. The Kier molecular flexibility index (Phi) is 6.36. The summed E-state index contributed by atoms with van der Waals surface area (Å²) in [4.78, 5) is 19.5. The number of benzene rings is 2. The number of amides is 1. The third-order valence-electron chi connectivity index (χ3n) is 4.11. The summed E-state index contributed by atoms with van der Waals surface area (Å²) in [7, 11) is 1.71. The Morgan fingerprint density at radius 3 is 2.32 bits per heavy atom. The Bertz CT molecular complexity index is 940. The van der Waals surface area contributed by atoms with Gasteiger partial charge >= 0.3 is 0 Å². The molecule has 1 aromatic heterocycles. The highest BCUT2D eigenvalue weighted by atomic mass is 32.1. The molecule has 7 heteroatoms. The molecule has 146 valence electrons. The molecule has 3 rings (SSSR count). The fourth-order valence-electron chi connectivity index (χ4n) is 2.67. The largest absolute Gasteiger partial charge is 0.494 e. The summed E-state index contributed by atoms with van der Waals surface area (Å²) >= 11 is 1.41. The predicted molar refractivity (Wildman–Crippen MR) is 106 cm³/mol. The Hall–Kier alpha value is -2.80. The second kappa shape index (κ2) is 8.93. The molecule has 4 nitrogen and oxygen atoms in total. The second-order valence-corrected chi connectivity index (χ2v) is 7.50. The van der Waals surface area contributed by atoms with Crippen LogP contribution in [-0.2, 0) is 0 Å². The third-order valence-corrected chi connectivity index (χ3v) is 5.13. The number of hydrogen-bond donors (Lipinski definition) is 0. The molecule has 28 heavy (non-hydrogen) atoms. The van der Waals surface area contributed by atoms with Gasteiger partial charge in [0.2, 0.25) is 0 Å². The second-order valence-electron chi connectivity index (χ2n) is 6.30. The molecule has 1 heterocycles. The highest BCUT2D eigenvalue weighted by Gasteiger charge is 2.21. The van der Waals surface area contributed by atoms with E-state index < -0.39 is 0 Å². The first-order valence-electron chi connectivity index (χ1n) is 8.81. The van der Waals surface area contributed by atoms with Crippen molar-refractivity contribution in [3.8, 4) is 16.2 Å². The molecule has 0 spiro atoms. The van der Waals surface area contributed by atoms with Crippen LogP contribution in [-0.4, -0.2) is 36.0 Å². The van der Waals surface area contributed by atoms with Crippen LogP contribution in [0.15, 0.2) is 48.5 Å². The number of rotatable bonds is 7. The lowest BCUT2D eigenvalue weighted by Crippen LogP contribution is -2.29. The number of aryl methyl sites for hydroxylation is 1. The molecule has 0 N–H and O–H groups in total. The molecule has 0 radical (unpaired) electrons. The van der Waals surface area contributed by atoms with Crippen molar-refractivity contribution in [1.29, 1.82) is 0 Å². The molecule has 3 aromatic rings. The molecule has 0 aliphatic carbocycles. The first-order chi connectivity index (χ1) is 13.4. The lowest BCUT2D eigenvalue weighted by Gasteiger charge is -2.17. The zero-order chi connectivity index (χ0) is 20.1. The van der Waals surface area contributed by atoms with E-state index in [1.54, 1.807) is 36.2 Å². The summed E-state index contributed by atoms with van der Waals surface area (Å²) in [6, 6.07) is 11.9. The monoisotopic (exact) mass is 402 g/mol. The van der Waals surface area contributed by atoms with Crippen LogP contribution in [0, 0.1) is 18.6 Å². The molecule has 0 fully saturated rings. The van der Waals surface area contributed by atoms with E-state index in [2.05, 4.69) is 4.98 Å². The van der Waals surface area contributed by atoms with Gasteiger partial charge in [-0.1, -0.05) is 12.1 Å². The van der Waals surface area contributed by atoms with Gasteiger partial charge in [-0.3, -0.25) is 4.79 Å². The molecular formula is C21H20F2N2O2S. The van der Waals surface area contributed by atoms with Crippen LogP contribution in [0.3, 0.4) is 0 Å². The van der Waals surface area contributed by atoms with E-state index >= 15 is 0 Å². The fourth-order valence-corrected chi connectivity index (χ4v) is 3.59. The Labute approximate surface area is 166 Å². The molecule has 0 bridgehead atoms. The summed E-state index contributed by atoms with van der Waals surface area (Å²) in [6.07, 6.45) is 0.620. The number of carbonyl (C=O) groups is 1. The zero-order valence-corrected chi connectivity index (χ0v) is 16.4. The number of thiazole rings is 1. The van der Waals surface area contributed by atoms with Crippen molar-refractivity contribution in [2.24, 2.45) is 0 Å². The molecule has 1 amide bonds. The van der Waals surface area contributed by atoms with Crippen LogP contribution in [0.1, 0.15) is 21.9 Å². The van der Waals surface area contributed by atoms with Crippen molar-refractivity contribution in [1.82, 2.24) is 9.88 Å². The maximum Gasteiger partial charge on any atom is 0.273 e. The maximum absolute atomic E-state index is 13.2. The first-order valence-corrected chi connectivity index (χ1v) is 9.63. The highest BCUT2D eigenvalue weighted by Crippen LogP contribution is 2.31. The van der Waals surface area contributed by atoms with Gasteiger partial charge in [0, 0.05) is 13.6 Å². The molecule has 0 unspecified atom stereocenters. The lowest BCUT2D eigenvalue weighted by molar-refractivity contribution is 0.0783. The number of halogens is 2. The van der Waals surface area contributed by atoms with Crippen LogP contribution in [0.2, 0.25) is 0 Å². The Morgan fingerprint density at radius 1 is 1.07 bits per heavy atom. The average Bonchev–Trinajstić information content (AvgIpc) is 3.08. The summed E-state index contributed by atoms with van der Waals surface area (Å²) in [6.45, 7) is 2.73. The van der Waals surface area contributed by atoms with E-state index in [9.17, 15) is 13.6 Å². The van der Waals surface area contributed by atoms with Gasteiger partial charge in [-0.2, -0.15) is 0 Å². The van der Waals surface area contributed by atoms with Gasteiger partial charge in [0.05, 0.1) is 16.5 Å². The van der Waals surface area contributed by atoms with Gasteiger partial charge < -0.3 is 9.64 Å². The van der Waals surface area contributed by atoms with E-state index in [1.807, 2.05) is 6.92 Å². The minimum Gasteiger partial charge on any atom is -0.494 e. The maximum atomic E-state index is 13.2. The summed E-state index contributed by atoms with van der Waals surface area (Å²) in [5.41, 5.74) is 1.14. The quantitative estimate of drug-likeness (QED) is 0.526. The van der Waals surface area contributed by atoms with Crippen molar-refractivity contribution < 1.29 is 18.3 Å². The van der Waals surface area contributed by atoms with E-state index in [0.717, 1.165) is 15.4 Å². The van der Waals surface area contributed by atoms with Gasteiger partial charge in [0.15, 0.2) is 0 Å². The number of hydrogen-bond acceptors (Lipinski definition) is 4. The van der Waals surface area contributed by atoms with Crippen molar-refractivity contribution in [3.63, 3.8) is 0 Å². The molecule has 0 aliphatic heterocycles. The van der Waals surface area contributed by atoms with E-state index in [1.165, 1.54) is 35.6 Å². The molecule has 0 saturated carbocycles. The van der Waals surface area contributed by atoms with Crippen molar-refractivity contribution >= 4 is 17.2 Å². The van der Waals surface area contributed by atoms with Crippen LogP contribution in [0.5, 0.6) is 5.75 Å². The smallest absolute Gasteiger partial charge is 0.273 e. The molecule has 0 atom stereocenters. The fraction of sp³-hybridized carbons (Fsp3) is 0.238. The summed E-state index contributed by atoms with van der Waals surface area (Å²) in [5.74, 6) is -0.237. The SMILES string of the molecule is Cc1nc(C(=O)N(C)CCCOc2ccc(F)cc2)c(-c2ccc(F)cc2)s1. The topological polar surface area (TPSA) is 42.4 Å².